The van der Waals surface area contributed by atoms with Crippen molar-refractivity contribution < 1.29 is 8.78 Å². The predicted octanol–water partition coefficient (Wildman–Crippen LogP) is 4.36. The lowest BCUT2D eigenvalue weighted by molar-refractivity contribution is 0.626. The molecule has 0 aliphatic carbocycles. The van der Waals surface area contributed by atoms with Gasteiger partial charge in [0.2, 0.25) is 0 Å². The molecule has 0 saturated heterocycles. The van der Waals surface area contributed by atoms with Gasteiger partial charge in [-0.1, -0.05) is 26.0 Å². The summed E-state index contributed by atoms with van der Waals surface area (Å²) >= 11 is 0. The van der Waals surface area contributed by atoms with Gasteiger partial charge < -0.3 is 5.73 Å². The molecule has 2 N–H and O–H groups in total. The molecule has 0 aromatic heterocycles. The van der Waals surface area contributed by atoms with Crippen molar-refractivity contribution >= 4 is 5.69 Å². The van der Waals surface area contributed by atoms with E-state index >= 15 is 0 Å². The van der Waals surface area contributed by atoms with E-state index in [2.05, 4.69) is 13.8 Å². The van der Waals surface area contributed by atoms with Crippen LogP contribution in [0.1, 0.15) is 25.3 Å². The van der Waals surface area contributed by atoms with Gasteiger partial charge in [-0.2, -0.15) is 0 Å². The Balaban J connectivity index is 0.000000184. The number of rotatable bonds is 1. The largest absolute Gasteiger partial charge is 0.399 e. The standard InChI is InChI=1S/C9H11F.C6H6FN/c1-7(2)8-3-5-9(10)6-4-8;7-5-1-3-6(8)4-2-5/h3-7H,1-2H3;1-4H,8H2. The van der Waals surface area contributed by atoms with Crippen LogP contribution in [-0.2, 0) is 0 Å². The molecule has 0 heterocycles. The summed E-state index contributed by atoms with van der Waals surface area (Å²) in [6.45, 7) is 4.18. The van der Waals surface area contributed by atoms with E-state index < -0.39 is 0 Å². The van der Waals surface area contributed by atoms with Crippen LogP contribution in [0.2, 0.25) is 0 Å². The van der Waals surface area contributed by atoms with Gasteiger partial charge in [-0.05, 0) is 47.9 Å². The van der Waals surface area contributed by atoms with Gasteiger partial charge in [0.25, 0.3) is 0 Å². The highest BCUT2D eigenvalue weighted by molar-refractivity contribution is 5.36. The summed E-state index contributed by atoms with van der Waals surface area (Å²) in [5, 5.41) is 0. The normalized spacial score (nSPS) is 9.83. The number of hydrogen-bond acceptors (Lipinski definition) is 1. The molecular formula is C15H17F2N. The lowest BCUT2D eigenvalue weighted by Crippen LogP contribution is -1.85. The summed E-state index contributed by atoms with van der Waals surface area (Å²) in [4.78, 5) is 0. The summed E-state index contributed by atoms with van der Waals surface area (Å²) < 4.78 is 24.4. The highest BCUT2D eigenvalue weighted by atomic mass is 19.1. The molecule has 2 rings (SSSR count). The van der Waals surface area contributed by atoms with Crippen molar-refractivity contribution in [2.45, 2.75) is 19.8 Å². The lowest BCUT2D eigenvalue weighted by atomic mass is 10.0. The second-order valence-electron chi connectivity index (χ2n) is 4.26. The first kappa shape index (κ1) is 14.2. The van der Waals surface area contributed by atoms with Crippen LogP contribution in [0.3, 0.4) is 0 Å². The summed E-state index contributed by atoms with van der Waals surface area (Å²) in [6.07, 6.45) is 0. The minimum Gasteiger partial charge on any atom is -0.399 e. The molecule has 2 aromatic carbocycles. The van der Waals surface area contributed by atoms with Crippen molar-refractivity contribution in [3.63, 3.8) is 0 Å². The lowest BCUT2D eigenvalue weighted by Gasteiger charge is -2.02. The van der Waals surface area contributed by atoms with Crippen LogP contribution in [0.5, 0.6) is 0 Å². The molecule has 0 saturated carbocycles. The molecule has 0 radical (unpaired) electrons. The molecule has 0 fully saturated rings. The first-order valence-corrected chi connectivity index (χ1v) is 5.75. The Kier molecular flexibility index (Phi) is 5.31. The molecule has 0 spiro atoms. The molecule has 18 heavy (non-hydrogen) atoms. The predicted molar refractivity (Wildman–Crippen MR) is 71.3 cm³/mol. The maximum absolute atomic E-state index is 12.4. The smallest absolute Gasteiger partial charge is 0.123 e. The van der Waals surface area contributed by atoms with Crippen LogP contribution in [0.4, 0.5) is 14.5 Å². The zero-order valence-corrected chi connectivity index (χ0v) is 10.5. The fourth-order valence-electron chi connectivity index (χ4n) is 1.31. The van der Waals surface area contributed by atoms with E-state index in [1.165, 1.54) is 42.0 Å². The highest BCUT2D eigenvalue weighted by Crippen LogP contribution is 2.13. The van der Waals surface area contributed by atoms with Gasteiger partial charge in [-0.3, -0.25) is 0 Å². The van der Waals surface area contributed by atoms with E-state index in [-0.39, 0.29) is 11.6 Å². The zero-order valence-electron chi connectivity index (χ0n) is 10.5. The van der Waals surface area contributed by atoms with Crippen molar-refractivity contribution in [2.24, 2.45) is 0 Å². The van der Waals surface area contributed by atoms with Crippen LogP contribution in [0.15, 0.2) is 48.5 Å². The Labute approximate surface area is 106 Å². The van der Waals surface area contributed by atoms with Crippen molar-refractivity contribution in [1.82, 2.24) is 0 Å². The van der Waals surface area contributed by atoms with Gasteiger partial charge >= 0.3 is 0 Å². The average Bonchev–Trinajstić information content (AvgIpc) is 2.34. The van der Waals surface area contributed by atoms with Gasteiger partial charge in [0.1, 0.15) is 11.6 Å². The quantitative estimate of drug-likeness (QED) is 0.747. The summed E-state index contributed by atoms with van der Waals surface area (Å²) in [7, 11) is 0. The second kappa shape index (κ2) is 6.74. The highest BCUT2D eigenvalue weighted by Gasteiger charge is 1.96. The van der Waals surface area contributed by atoms with Crippen LogP contribution < -0.4 is 5.73 Å². The zero-order chi connectivity index (χ0) is 13.5. The first-order valence-electron chi connectivity index (χ1n) is 5.75. The Morgan fingerprint density at radius 3 is 1.50 bits per heavy atom. The monoisotopic (exact) mass is 249 g/mol. The van der Waals surface area contributed by atoms with E-state index in [4.69, 9.17) is 5.73 Å². The summed E-state index contributed by atoms with van der Waals surface area (Å²) in [5.74, 6) is 0.0733. The van der Waals surface area contributed by atoms with Crippen molar-refractivity contribution in [3.8, 4) is 0 Å². The maximum atomic E-state index is 12.4. The van der Waals surface area contributed by atoms with E-state index in [1.54, 1.807) is 0 Å². The molecule has 1 nitrogen and oxygen atoms in total. The first-order chi connectivity index (χ1) is 8.49. The van der Waals surface area contributed by atoms with Crippen LogP contribution >= 0.6 is 0 Å². The van der Waals surface area contributed by atoms with Crippen LogP contribution in [-0.4, -0.2) is 0 Å². The Morgan fingerprint density at radius 1 is 0.778 bits per heavy atom. The van der Waals surface area contributed by atoms with E-state index in [9.17, 15) is 8.78 Å². The van der Waals surface area contributed by atoms with E-state index in [0.717, 1.165) is 0 Å². The number of nitrogens with two attached hydrogens (primary N) is 1. The van der Waals surface area contributed by atoms with Gasteiger partial charge in [-0.15, -0.1) is 0 Å². The number of benzene rings is 2. The topological polar surface area (TPSA) is 26.0 Å². The summed E-state index contributed by atoms with van der Waals surface area (Å²) in [6, 6.07) is 12.3. The number of halogens is 2. The van der Waals surface area contributed by atoms with Crippen LogP contribution in [0.25, 0.3) is 0 Å². The van der Waals surface area contributed by atoms with Gasteiger partial charge in [-0.25, -0.2) is 8.78 Å². The molecule has 0 aliphatic rings. The Hall–Kier alpha value is -1.90. The maximum Gasteiger partial charge on any atom is 0.123 e. The third-order valence-electron chi connectivity index (χ3n) is 2.41. The van der Waals surface area contributed by atoms with Gasteiger partial charge in [0.05, 0.1) is 0 Å². The minimum absolute atomic E-state index is 0.163. The molecule has 0 aliphatic heterocycles. The number of nitrogen functional groups attached to an aromatic ring is 1. The molecule has 3 heteroatoms. The SMILES string of the molecule is CC(C)c1ccc(F)cc1.Nc1ccc(F)cc1. The van der Waals surface area contributed by atoms with E-state index in [0.29, 0.717) is 11.6 Å². The van der Waals surface area contributed by atoms with Crippen molar-refractivity contribution in [2.75, 3.05) is 5.73 Å². The van der Waals surface area contributed by atoms with E-state index in [1.807, 2.05) is 12.1 Å². The summed E-state index contributed by atoms with van der Waals surface area (Å²) in [5.41, 5.74) is 7.03. The van der Waals surface area contributed by atoms with Crippen molar-refractivity contribution in [3.05, 3.63) is 65.7 Å². The fourth-order valence-corrected chi connectivity index (χ4v) is 1.31. The van der Waals surface area contributed by atoms with Crippen molar-refractivity contribution in [1.29, 1.82) is 0 Å². The molecule has 0 bridgehead atoms. The Bertz CT molecular complexity index is 440. The molecular weight excluding hydrogens is 232 g/mol. The fraction of sp³-hybridized carbons (Fsp3) is 0.200. The number of anilines is 1. The molecule has 0 atom stereocenters. The molecule has 0 unspecified atom stereocenters. The third-order valence-corrected chi connectivity index (χ3v) is 2.41. The molecule has 96 valence electrons. The van der Waals surface area contributed by atoms with Crippen LogP contribution in [0, 0.1) is 11.6 Å². The third kappa shape index (κ3) is 4.95. The van der Waals surface area contributed by atoms with Gasteiger partial charge in [0.15, 0.2) is 0 Å². The molecule has 0 amide bonds. The Morgan fingerprint density at radius 2 is 1.17 bits per heavy atom. The minimum atomic E-state index is -0.251. The average molecular weight is 249 g/mol. The molecule has 2 aromatic rings. The van der Waals surface area contributed by atoms with Gasteiger partial charge in [0, 0.05) is 5.69 Å². The number of hydrogen-bond donors (Lipinski definition) is 1. The second-order valence-corrected chi connectivity index (χ2v) is 4.26.